The van der Waals surface area contributed by atoms with Gasteiger partial charge < -0.3 is 10.2 Å². The molecule has 0 radical (unpaired) electrons. The third-order valence-electron chi connectivity index (χ3n) is 6.35. The summed E-state index contributed by atoms with van der Waals surface area (Å²) in [5.74, 6) is 0.249. The molecular weight excluding hydrogens is 322 g/mol. The topological polar surface area (TPSA) is 35.6 Å². The summed E-state index contributed by atoms with van der Waals surface area (Å²) >= 11 is 0. The molecule has 0 saturated carbocycles. The number of benzene rings is 1. The number of nitrogens with zero attached hydrogens (tertiary/aromatic N) is 2. The highest BCUT2D eigenvalue weighted by molar-refractivity contribution is 5.76. The van der Waals surface area contributed by atoms with Crippen molar-refractivity contribution in [2.45, 2.75) is 70.0 Å². The zero-order valence-corrected chi connectivity index (χ0v) is 16.5. The average Bonchev–Trinajstić information content (AvgIpc) is 2.68. The molecule has 0 bridgehead atoms. The number of likely N-dealkylation sites (tertiary alicyclic amines) is 2. The SMILES string of the molecule is C[C@H](c1ccccc1)N1CCC(NC(=O)CC[C@@H]2CCCCN2C)CC1. The van der Waals surface area contributed by atoms with Crippen LogP contribution in [-0.2, 0) is 4.79 Å². The second kappa shape index (κ2) is 9.52. The molecule has 2 aliphatic rings. The summed E-state index contributed by atoms with van der Waals surface area (Å²) in [5.41, 5.74) is 1.38. The maximum atomic E-state index is 12.4. The summed E-state index contributed by atoms with van der Waals surface area (Å²) in [6.07, 6.45) is 7.67. The molecule has 144 valence electrons. The standard InChI is InChI=1S/C22H35N3O/c1-18(19-8-4-3-5-9-19)25-16-13-20(14-17-25)23-22(26)12-11-21-10-6-7-15-24(21)2/h3-5,8-9,18,20-21H,6-7,10-17H2,1-2H3,(H,23,26)/t18-,21+/m1/s1. The van der Waals surface area contributed by atoms with Crippen molar-refractivity contribution in [3.8, 4) is 0 Å². The minimum Gasteiger partial charge on any atom is -0.353 e. The fourth-order valence-corrected chi connectivity index (χ4v) is 4.48. The zero-order valence-electron chi connectivity index (χ0n) is 16.5. The van der Waals surface area contributed by atoms with Gasteiger partial charge in [0.25, 0.3) is 0 Å². The monoisotopic (exact) mass is 357 g/mol. The van der Waals surface area contributed by atoms with Gasteiger partial charge >= 0.3 is 0 Å². The summed E-state index contributed by atoms with van der Waals surface area (Å²) in [5, 5.41) is 3.29. The van der Waals surface area contributed by atoms with Gasteiger partial charge in [0.1, 0.15) is 0 Å². The summed E-state index contributed by atoms with van der Waals surface area (Å²) in [6, 6.07) is 12.1. The molecule has 2 heterocycles. The Hall–Kier alpha value is -1.39. The van der Waals surface area contributed by atoms with Crippen LogP contribution in [0.4, 0.5) is 0 Å². The molecule has 3 rings (SSSR count). The molecule has 2 fully saturated rings. The van der Waals surface area contributed by atoms with E-state index in [2.05, 4.69) is 59.4 Å². The fraction of sp³-hybridized carbons (Fsp3) is 0.682. The molecule has 2 saturated heterocycles. The largest absolute Gasteiger partial charge is 0.353 e. The van der Waals surface area contributed by atoms with Crippen molar-refractivity contribution in [1.29, 1.82) is 0 Å². The lowest BCUT2D eigenvalue weighted by Crippen LogP contribution is -2.45. The second-order valence-electron chi connectivity index (χ2n) is 8.13. The van der Waals surface area contributed by atoms with Crippen molar-refractivity contribution < 1.29 is 4.79 Å². The average molecular weight is 358 g/mol. The number of hydrogen-bond donors (Lipinski definition) is 1. The van der Waals surface area contributed by atoms with Crippen LogP contribution in [0, 0.1) is 0 Å². The molecule has 0 aromatic heterocycles. The van der Waals surface area contributed by atoms with Crippen molar-refractivity contribution in [1.82, 2.24) is 15.1 Å². The third-order valence-corrected chi connectivity index (χ3v) is 6.35. The molecule has 4 nitrogen and oxygen atoms in total. The van der Waals surface area contributed by atoms with Gasteiger partial charge in [-0.1, -0.05) is 36.8 Å². The Bertz CT molecular complexity index is 554. The maximum Gasteiger partial charge on any atom is 0.220 e. The summed E-state index contributed by atoms with van der Waals surface area (Å²) in [6.45, 7) is 5.60. The van der Waals surface area contributed by atoms with Crippen LogP contribution in [0.1, 0.15) is 63.5 Å². The van der Waals surface area contributed by atoms with Crippen LogP contribution in [0.3, 0.4) is 0 Å². The molecule has 0 spiro atoms. The normalized spacial score (nSPS) is 24.3. The van der Waals surface area contributed by atoms with Crippen LogP contribution < -0.4 is 5.32 Å². The van der Waals surface area contributed by atoms with Gasteiger partial charge in [0.15, 0.2) is 0 Å². The molecule has 1 N–H and O–H groups in total. The van der Waals surface area contributed by atoms with E-state index in [0.29, 0.717) is 24.5 Å². The van der Waals surface area contributed by atoms with Crippen LogP contribution in [0.5, 0.6) is 0 Å². The third kappa shape index (κ3) is 5.31. The highest BCUT2D eigenvalue weighted by Crippen LogP contribution is 2.24. The Morgan fingerprint density at radius 1 is 1.12 bits per heavy atom. The van der Waals surface area contributed by atoms with Crippen LogP contribution in [0.15, 0.2) is 30.3 Å². The van der Waals surface area contributed by atoms with Crippen molar-refractivity contribution in [3.63, 3.8) is 0 Å². The smallest absolute Gasteiger partial charge is 0.220 e. The van der Waals surface area contributed by atoms with Gasteiger partial charge in [-0.2, -0.15) is 0 Å². The van der Waals surface area contributed by atoms with Gasteiger partial charge in [-0.3, -0.25) is 9.69 Å². The fourth-order valence-electron chi connectivity index (χ4n) is 4.48. The number of amides is 1. The van der Waals surface area contributed by atoms with E-state index in [1.54, 1.807) is 0 Å². The Morgan fingerprint density at radius 3 is 2.54 bits per heavy atom. The number of carbonyl (C=O) groups is 1. The highest BCUT2D eigenvalue weighted by Gasteiger charge is 2.25. The number of piperidine rings is 2. The molecular formula is C22H35N3O. The Balaban J connectivity index is 1.37. The van der Waals surface area contributed by atoms with Crippen LogP contribution >= 0.6 is 0 Å². The second-order valence-corrected chi connectivity index (χ2v) is 8.13. The minimum atomic E-state index is 0.249. The summed E-state index contributed by atoms with van der Waals surface area (Å²) in [7, 11) is 2.20. The van der Waals surface area contributed by atoms with Crippen LogP contribution in [-0.4, -0.2) is 54.5 Å². The molecule has 1 aromatic rings. The molecule has 26 heavy (non-hydrogen) atoms. The predicted molar refractivity (Wildman–Crippen MR) is 107 cm³/mol. The first-order valence-corrected chi connectivity index (χ1v) is 10.4. The molecule has 2 atom stereocenters. The molecule has 0 unspecified atom stereocenters. The first kappa shape index (κ1) is 19.4. The Kier molecular flexibility index (Phi) is 7.09. The van der Waals surface area contributed by atoms with Crippen molar-refractivity contribution in [2.75, 3.05) is 26.7 Å². The van der Waals surface area contributed by atoms with Gasteiger partial charge in [-0.25, -0.2) is 0 Å². The predicted octanol–water partition coefficient (Wildman–Crippen LogP) is 3.59. The van der Waals surface area contributed by atoms with Crippen LogP contribution in [0.25, 0.3) is 0 Å². The number of carbonyl (C=O) groups excluding carboxylic acids is 1. The van der Waals surface area contributed by atoms with Gasteiger partial charge in [0, 0.05) is 37.6 Å². The maximum absolute atomic E-state index is 12.4. The molecule has 0 aliphatic carbocycles. The van der Waals surface area contributed by atoms with E-state index in [0.717, 1.165) is 32.4 Å². The van der Waals surface area contributed by atoms with Gasteiger partial charge in [0.05, 0.1) is 0 Å². The van der Waals surface area contributed by atoms with Gasteiger partial charge in [-0.05, 0) is 58.2 Å². The van der Waals surface area contributed by atoms with E-state index < -0.39 is 0 Å². The van der Waals surface area contributed by atoms with Crippen molar-refractivity contribution >= 4 is 5.91 Å². The van der Waals surface area contributed by atoms with E-state index in [-0.39, 0.29) is 5.91 Å². The van der Waals surface area contributed by atoms with E-state index in [9.17, 15) is 4.79 Å². The number of rotatable bonds is 6. The highest BCUT2D eigenvalue weighted by atomic mass is 16.1. The Labute approximate surface area is 158 Å². The molecule has 2 aliphatic heterocycles. The molecule has 1 aromatic carbocycles. The lowest BCUT2D eigenvalue weighted by Gasteiger charge is -2.36. The van der Waals surface area contributed by atoms with Crippen LogP contribution in [0.2, 0.25) is 0 Å². The minimum absolute atomic E-state index is 0.249. The Morgan fingerprint density at radius 2 is 1.85 bits per heavy atom. The lowest BCUT2D eigenvalue weighted by molar-refractivity contribution is -0.122. The van der Waals surface area contributed by atoms with E-state index in [1.807, 2.05) is 0 Å². The van der Waals surface area contributed by atoms with Gasteiger partial charge in [0.2, 0.25) is 5.91 Å². The quantitative estimate of drug-likeness (QED) is 0.845. The van der Waals surface area contributed by atoms with E-state index in [1.165, 1.54) is 31.4 Å². The van der Waals surface area contributed by atoms with Crippen molar-refractivity contribution in [3.05, 3.63) is 35.9 Å². The lowest BCUT2D eigenvalue weighted by atomic mass is 9.97. The number of nitrogens with one attached hydrogen (secondary N) is 1. The molecule has 4 heteroatoms. The van der Waals surface area contributed by atoms with E-state index >= 15 is 0 Å². The number of hydrogen-bond acceptors (Lipinski definition) is 3. The van der Waals surface area contributed by atoms with Crippen molar-refractivity contribution in [2.24, 2.45) is 0 Å². The van der Waals surface area contributed by atoms with Gasteiger partial charge in [-0.15, -0.1) is 0 Å². The summed E-state index contributed by atoms with van der Waals surface area (Å²) < 4.78 is 0. The summed E-state index contributed by atoms with van der Waals surface area (Å²) in [4.78, 5) is 17.3. The zero-order chi connectivity index (χ0) is 18.4. The van der Waals surface area contributed by atoms with E-state index in [4.69, 9.17) is 0 Å². The first-order chi connectivity index (χ1) is 12.6. The first-order valence-electron chi connectivity index (χ1n) is 10.4. The molecule has 1 amide bonds.